The third-order valence-corrected chi connectivity index (χ3v) is 3.64. The van der Waals surface area contributed by atoms with Crippen molar-refractivity contribution in [1.82, 2.24) is 0 Å². The van der Waals surface area contributed by atoms with Gasteiger partial charge < -0.3 is 9.84 Å². The third kappa shape index (κ3) is 4.66. The van der Waals surface area contributed by atoms with Gasteiger partial charge in [0, 0.05) is 23.9 Å². The maximum atomic E-state index is 11.8. The minimum atomic E-state index is -1.08. The molecule has 0 aromatic heterocycles. The van der Waals surface area contributed by atoms with Crippen LogP contribution in [0.1, 0.15) is 23.7 Å². The zero-order valence-electron chi connectivity index (χ0n) is 9.72. The van der Waals surface area contributed by atoms with Gasteiger partial charge in [-0.25, -0.2) is 4.79 Å². The molecule has 1 rings (SSSR count). The maximum Gasteiger partial charge on any atom is 0.335 e. The second kappa shape index (κ2) is 7.19. The van der Waals surface area contributed by atoms with Crippen LogP contribution < -0.4 is 0 Å². The summed E-state index contributed by atoms with van der Waals surface area (Å²) in [5.41, 5.74) is 0.208. The normalized spacial score (nSPS) is 12.3. The number of hydrogen-bond donors (Lipinski definition) is 1. The molecule has 0 aliphatic heterocycles. The summed E-state index contributed by atoms with van der Waals surface area (Å²) in [6.07, 6.45) is 0.737. The molecule has 17 heavy (non-hydrogen) atoms. The van der Waals surface area contributed by atoms with Crippen molar-refractivity contribution in [2.45, 2.75) is 18.2 Å². The molecule has 0 aliphatic carbocycles. The van der Waals surface area contributed by atoms with Crippen molar-refractivity contribution in [3.63, 3.8) is 0 Å². The van der Waals surface area contributed by atoms with E-state index in [4.69, 9.17) is 9.84 Å². The standard InChI is InChI=1S/C12H16O4S/c1-2-16-8-3-9-17(15)11-6-4-10(5-7-11)12(13)14/h4-7H,2-3,8-9H2,1H3,(H,13,14). The first-order valence-electron chi connectivity index (χ1n) is 5.44. The average molecular weight is 256 g/mol. The fourth-order valence-electron chi connectivity index (χ4n) is 1.30. The van der Waals surface area contributed by atoms with E-state index < -0.39 is 16.8 Å². The van der Waals surface area contributed by atoms with E-state index in [-0.39, 0.29) is 5.56 Å². The second-order valence-electron chi connectivity index (χ2n) is 3.43. The summed E-state index contributed by atoms with van der Waals surface area (Å²) in [6, 6.07) is 6.14. The number of benzene rings is 1. The fourth-order valence-corrected chi connectivity index (χ4v) is 2.36. The molecule has 0 heterocycles. The lowest BCUT2D eigenvalue weighted by molar-refractivity contribution is 0.0697. The summed E-state index contributed by atoms with van der Waals surface area (Å²) >= 11 is 0. The lowest BCUT2D eigenvalue weighted by Gasteiger charge is -2.03. The monoisotopic (exact) mass is 256 g/mol. The smallest absolute Gasteiger partial charge is 0.335 e. The van der Waals surface area contributed by atoms with E-state index in [1.807, 2.05) is 6.92 Å². The van der Waals surface area contributed by atoms with Crippen LogP contribution in [0.4, 0.5) is 0 Å². The SMILES string of the molecule is CCOCCCS(=O)c1ccc(C(=O)O)cc1. The first-order valence-corrected chi connectivity index (χ1v) is 6.76. The van der Waals surface area contributed by atoms with Gasteiger partial charge in [-0.3, -0.25) is 4.21 Å². The molecular formula is C12H16O4S. The average Bonchev–Trinajstić information content (AvgIpc) is 2.34. The van der Waals surface area contributed by atoms with E-state index in [2.05, 4.69) is 0 Å². The summed E-state index contributed by atoms with van der Waals surface area (Å²) in [6.45, 7) is 3.19. The molecule has 0 saturated carbocycles. The molecule has 1 aromatic carbocycles. The third-order valence-electron chi connectivity index (χ3n) is 2.19. The van der Waals surface area contributed by atoms with Gasteiger partial charge in [-0.1, -0.05) is 0 Å². The van der Waals surface area contributed by atoms with Crippen LogP contribution in [0.2, 0.25) is 0 Å². The molecule has 1 unspecified atom stereocenters. The van der Waals surface area contributed by atoms with Crippen molar-refractivity contribution in [3.8, 4) is 0 Å². The molecule has 1 aromatic rings. The zero-order chi connectivity index (χ0) is 12.7. The molecule has 0 saturated heterocycles. The van der Waals surface area contributed by atoms with Crippen molar-refractivity contribution in [2.24, 2.45) is 0 Å². The topological polar surface area (TPSA) is 63.6 Å². The molecule has 0 radical (unpaired) electrons. The van der Waals surface area contributed by atoms with E-state index in [0.717, 1.165) is 6.42 Å². The van der Waals surface area contributed by atoms with Gasteiger partial charge in [-0.15, -0.1) is 0 Å². The molecule has 4 nitrogen and oxygen atoms in total. The van der Waals surface area contributed by atoms with Gasteiger partial charge in [0.1, 0.15) is 0 Å². The molecule has 0 spiro atoms. The van der Waals surface area contributed by atoms with Crippen molar-refractivity contribution < 1.29 is 18.8 Å². The Morgan fingerprint density at radius 3 is 2.53 bits per heavy atom. The number of carboxylic acid groups (broad SMARTS) is 1. The van der Waals surface area contributed by atoms with Crippen LogP contribution in [0.15, 0.2) is 29.2 Å². The van der Waals surface area contributed by atoms with Crippen molar-refractivity contribution >= 4 is 16.8 Å². The van der Waals surface area contributed by atoms with Crippen LogP contribution in [0, 0.1) is 0 Å². The molecular weight excluding hydrogens is 240 g/mol. The van der Waals surface area contributed by atoms with Crippen molar-refractivity contribution in [1.29, 1.82) is 0 Å². The Hall–Kier alpha value is -1.20. The van der Waals surface area contributed by atoms with Crippen LogP contribution >= 0.6 is 0 Å². The van der Waals surface area contributed by atoms with Crippen LogP contribution in [-0.4, -0.2) is 34.3 Å². The summed E-state index contributed by atoms with van der Waals surface area (Å²) in [5.74, 6) is -0.439. The maximum absolute atomic E-state index is 11.8. The summed E-state index contributed by atoms with van der Waals surface area (Å²) in [7, 11) is -1.08. The van der Waals surface area contributed by atoms with Crippen LogP contribution in [0.5, 0.6) is 0 Å². The van der Waals surface area contributed by atoms with E-state index in [1.54, 1.807) is 12.1 Å². The first kappa shape index (κ1) is 13.9. The van der Waals surface area contributed by atoms with Crippen LogP contribution in [0.3, 0.4) is 0 Å². The summed E-state index contributed by atoms with van der Waals surface area (Å²) in [4.78, 5) is 11.3. The number of ether oxygens (including phenoxy) is 1. The number of carbonyl (C=O) groups is 1. The van der Waals surface area contributed by atoms with Crippen LogP contribution in [-0.2, 0) is 15.5 Å². The van der Waals surface area contributed by atoms with Crippen molar-refractivity contribution in [3.05, 3.63) is 29.8 Å². The van der Waals surface area contributed by atoms with E-state index >= 15 is 0 Å². The van der Waals surface area contributed by atoms with Gasteiger partial charge >= 0.3 is 5.97 Å². The molecule has 1 N–H and O–H groups in total. The number of aromatic carboxylic acids is 1. The molecule has 0 aliphatic rings. The van der Waals surface area contributed by atoms with Gasteiger partial charge in [0.25, 0.3) is 0 Å². The number of carboxylic acids is 1. The highest BCUT2D eigenvalue weighted by Crippen LogP contribution is 2.10. The molecule has 0 bridgehead atoms. The molecule has 0 amide bonds. The van der Waals surface area contributed by atoms with Gasteiger partial charge in [-0.05, 0) is 37.6 Å². The highest BCUT2D eigenvalue weighted by molar-refractivity contribution is 7.85. The van der Waals surface area contributed by atoms with Crippen molar-refractivity contribution in [2.75, 3.05) is 19.0 Å². The highest BCUT2D eigenvalue weighted by Gasteiger charge is 2.06. The van der Waals surface area contributed by atoms with E-state index in [9.17, 15) is 9.00 Å². The molecule has 5 heteroatoms. The quantitative estimate of drug-likeness (QED) is 0.757. The Morgan fingerprint density at radius 2 is 2.00 bits per heavy atom. The van der Waals surface area contributed by atoms with Gasteiger partial charge in [0.2, 0.25) is 0 Å². The first-order chi connectivity index (χ1) is 8.15. The minimum Gasteiger partial charge on any atom is -0.478 e. The lowest BCUT2D eigenvalue weighted by atomic mass is 10.2. The Kier molecular flexibility index (Phi) is 5.86. The second-order valence-corrected chi connectivity index (χ2v) is 5.00. The lowest BCUT2D eigenvalue weighted by Crippen LogP contribution is -2.03. The Morgan fingerprint density at radius 1 is 1.35 bits per heavy atom. The van der Waals surface area contributed by atoms with Gasteiger partial charge in [0.05, 0.1) is 16.4 Å². The number of hydrogen-bond acceptors (Lipinski definition) is 3. The van der Waals surface area contributed by atoms with Crippen LogP contribution in [0.25, 0.3) is 0 Å². The van der Waals surface area contributed by atoms with E-state index in [1.165, 1.54) is 12.1 Å². The Balaban J connectivity index is 2.49. The molecule has 0 fully saturated rings. The van der Waals surface area contributed by atoms with Gasteiger partial charge in [-0.2, -0.15) is 0 Å². The Labute approximate surface area is 103 Å². The predicted molar refractivity (Wildman–Crippen MR) is 65.8 cm³/mol. The number of rotatable bonds is 7. The minimum absolute atomic E-state index is 0.208. The Bertz CT molecular complexity index is 386. The molecule has 1 atom stereocenters. The summed E-state index contributed by atoms with van der Waals surface area (Å²) < 4.78 is 17.0. The largest absolute Gasteiger partial charge is 0.478 e. The zero-order valence-corrected chi connectivity index (χ0v) is 10.5. The molecule has 94 valence electrons. The highest BCUT2D eigenvalue weighted by atomic mass is 32.2. The summed E-state index contributed by atoms with van der Waals surface area (Å²) in [5, 5.41) is 8.72. The predicted octanol–water partition coefficient (Wildman–Crippen LogP) is 1.92. The van der Waals surface area contributed by atoms with Gasteiger partial charge in [0.15, 0.2) is 0 Å². The fraction of sp³-hybridized carbons (Fsp3) is 0.417. The van der Waals surface area contributed by atoms with E-state index in [0.29, 0.717) is 23.9 Å².